The smallest absolute Gasteiger partial charge is 0.408 e. The summed E-state index contributed by atoms with van der Waals surface area (Å²) < 4.78 is 5.18. The maximum Gasteiger partial charge on any atom is 0.408 e. The van der Waals surface area contributed by atoms with Crippen LogP contribution in [0.3, 0.4) is 0 Å². The zero-order valence-electron chi connectivity index (χ0n) is 16.1. The van der Waals surface area contributed by atoms with Crippen molar-refractivity contribution in [1.82, 2.24) is 20.9 Å². The highest BCUT2D eigenvalue weighted by Gasteiger charge is 2.27. The third kappa shape index (κ3) is 9.05. The lowest BCUT2D eigenvalue weighted by atomic mass is 10.0. The van der Waals surface area contributed by atoms with E-state index in [1.165, 1.54) is 0 Å². The largest absolute Gasteiger partial charge is 0.445 e. The van der Waals surface area contributed by atoms with Crippen LogP contribution in [-0.2, 0) is 16.1 Å². The molecule has 0 bridgehead atoms. The lowest BCUT2D eigenvalue weighted by Crippen LogP contribution is -2.49. The Morgan fingerprint density at radius 1 is 1.29 bits per heavy atom. The molecule has 0 radical (unpaired) electrons. The highest BCUT2D eigenvalue weighted by atomic mass is 35.5. The third-order valence-electron chi connectivity index (χ3n) is 4.28. The number of halogens is 2. The molecule has 3 atom stereocenters. The van der Waals surface area contributed by atoms with Crippen LogP contribution in [0.4, 0.5) is 4.79 Å². The monoisotopic (exact) mass is 436 g/mol. The van der Waals surface area contributed by atoms with Gasteiger partial charge in [0.1, 0.15) is 12.6 Å². The molecule has 1 aliphatic rings. The van der Waals surface area contributed by atoms with Crippen molar-refractivity contribution in [2.45, 2.75) is 39.0 Å². The van der Waals surface area contributed by atoms with Crippen LogP contribution in [0.1, 0.15) is 25.8 Å². The molecular weight excluding hydrogens is 407 g/mol. The minimum Gasteiger partial charge on any atom is -0.445 e. The fourth-order valence-electron chi connectivity index (χ4n) is 2.80. The van der Waals surface area contributed by atoms with Gasteiger partial charge in [0.2, 0.25) is 5.91 Å². The number of amides is 2. The van der Waals surface area contributed by atoms with Crippen LogP contribution in [0.5, 0.6) is 0 Å². The molecule has 0 spiro atoms. The zero-order chi connectivity index (χ0) is 18.9. The molecule has 1 aromatic heterocycles. The Labute approximate surface area is 178 Å². The first-order chi connectivity index (χ1) is 12.5. The first kappa shape index (κ1) is 26.4. The summed E-state index contributed by atoms with van der Waals surface area (Å²) >= 11 is 0. The lowest BCUT2D eigenvalue weighted by Gasteiger charge is -2.21. The maximum absolute atomic E-state index is 12.5. The average Bonchev–Trinajstić information content (AvgIpc) is 3.03. The number of pyridine rings is 1. The van der Waals surface area contributed by atoms with Crippen LogP contribution >= 0.6 is 24.8 Å². The van der Waals surface area contributed by atoms with Crippen molar-refractivity contribution in [1.29, 1.82) is 0 Å². The molecule has 0 aromatic carbocycles. The van der Waals surface area contributed by atoms with Gasteiger partial charge in [0.15, 0.2) is 0 Å². The van der Waals surface area contributed by atoms with Crippen molar-refractivity contribution < 1.29 is 19.4 Å². The van der Waals surface area contributed by atoms with Crippen molar-refractivity contribution in [2.24, 2.45) is 11.8 Å². The summed E-state index contributed by atoms with van der Waals surface area (Å²) in [6.07, 6.45) is 2.65. The quantitative estimate of drug-likeness (QED) is 0.487. The molecule has 160 valence electrons. The number of nitrogens with zero attached hydrogens (tertiary/aromatic N) is 1. The SMILES string of the molecule is CC(C)C[C@H](NC(=O)OCc1ccncc1)C(=O)NCC1CNCC1O.Cl.Cl. The van der Waals surface area contributed by atoms with E-state index < -0.39 is 18.2 Å². The predicted octanol–water partition coefficient (Wildman–Crippen LogP) is 1.26. The highest BCUT2D eigenvalue weighted by molar-refractivity contribution is 5.86. The summed E-state index contributed by atoms with van der Waals surface area (Å²) in [5.41, 5.74) is 0.822. The highest BCUT2D eigenvalue weighted by Crippen LogP contribution is 2.09. The zero-order valence-corrected chi connectivity index (χ0v) is 17.7. The molecule has 2 amide bonds. The first-order valence-electron chi connectivity index (χ1n) is 8.94. The van der Waals surface area contributed by atoms with E-state index >= 15 is 0 Å². The first-order valence-corrected chi connectivity index (χ1v) is 8.94. The van der Waals surface area contributed by atoms with E-state index in [0.29, 0.717) is 26.1 Å². The minimum atomic E-state index is -0.675. The molecule has 8 nitrogen and oxygen atoms in total. The molecule has 2 heterocycles. The van der Waals surface area contributed by atoms with E-state index in [4.69, 9.17) is 4.74 Å². The number of aromatic nitrogens is 1. The van der Waals surface area contributed by atoms with E-state index in [1.807, 2.05) is 13.8 Å². The summed E-state index contributed by atoms with van der Waals surface area (Å²) in [5, 5.41) is 18.3. The Morgan fingerprint density at radius 3 is 2.54 bits per heavy atom. The molecule has 1 saturated heterocycles. The second kappa shape index (κ2) is 13.5. The van der Waals surface area contributed by atoms with Crippen LogP contribution in [0, 0.1) is 11.8 Å². The van der Waals surface area contributed by atoms with Gasteiger partial charge in [0.25, 0.3) is 0 Å². The molecule has 0 aliphatic carbocycles. The number of hydrogen-bond donors (Lipinski definition) is 4. The number of aliphatic hydroxyl groups excluding tert-OH is 1. The summed E-state index contributed by atoms with van der Waals surface area (Å²) in [7, 11) is 0. The maximum atomic E-state index is 12.5. The summed E-state index contributed by atoms with van der Waals surface area (Å²) in [6, 6.07) is 2.84. The molecule has 2 rings (SSSR count). The van der Waals surface area contributed by atoms with Gasteiger partial charge in [-0.2, -0.15) is 0 Å². The second-order valence-electron chi connectivity index (χ2n) is 6.99. The Balaban J connectivity index is 0.00000364. The minimum absolute atomic E-state index is 0. The molecule has 1 aromatic rings. The fraction of sp³-hybridized carbons (Fsp3) is 0.611. The number of alkyl carbamates (subject to hydrolysis) is 1. The van der Waals surface area contributed by atoms with Crippen molar-refractivity contribution in [3.63, 3.8) is 0 Å². The standard InChI is InChI=1S/C18H28N4O4.2ClH/c1-12(2)7-15(17(24)21-9-14-8-20-10-16(14)23)22-18(25)26-11-13-3-5-19-6-4-13;;/h3-6,12,14-16,20,23H,7-11H2,1-2H3,(H,21,24)(H,22,25);2*1H/t14?,15-,16?;;/m0../s1. The average molecular weight is 437 g/mol. The Morgan fingerprint density at radius 2 is 1.96 bits per heavy atom. The van der Waals surface area contributed by atoms with Gasteiger partial charge in [-0.1, -0.05) is 13.8 Å². The third-order valence-corrected chi connectivity index (χ3v) is 4.28. The van der Waals surface area contributed by atoms with Crippen LogP contribution in [0.2, 0.25) is 0 Å². The molecular formula is C18H30Cl2N4O4. The lowest BCUT2D eigenvalue weighted by molar-refractivity contribution is -0.123. The molecule has 10 heteroatoms. The molecule has 0 saturated carbocycles. The Hall–Kier alpha value is -1.61. The summed E-state index contributed by atoms with van der Waals surface area (Å²) in [6.45, 7) is 5.65. The predicted molar refractivity (Wildman–Crippen MR) is 111 cm³/mol. The molecule has 2 unspecified atom stereocenters. The van der Waals surface area contributed by atoms with Crippen molar-refractivity contribution in [2.75, 3.05) is 19.6 Å². The van der Waals surface area contributed by atoms with Gasteiger partial charge in [-0.25, -0.2) is 4.79 Å². The second-order valence-corrected chi connectivity index (χ2v) is 6.99. The Kier molecular flexibility index (Phi) is 12.8. The molecule has 28 heavy (non-hydrogen) atoms. The fourth-order valence-corrected chi connectivity index (χ4v) is 2.80. The normalized spacial score (nSPS) is 19.1. The number of carbonyl (C=O) groups is 2. The molecule has 1 fully saturated rings. The van der Waals surface area contributed by atoms with E-state index in [0.717, 1.165) is 5.56 Å². The van der Waals surface area contributed by atoms with Gasteiger partial charge < -0.3 is 25.8 Å². The van der Waals surface area contributed by atoms with E-state index in [9.17, 15) is 14.7 Å². The number of carbonyl (C=O) groups excluding carboxylic acids is 2. The number of rotatable bonds is 8. The van der Waals surface area contributed by atoms with E-state index in [-0.39, 0.29) is 49.2 Å². The van der Waals surface area contributed by atoms with Gasteiger partial charge in [-0.05, 0) is 30.0 Å². The van der Waals surface area contributed by atoms with Crippen LogP contribution in [-0.4, -0.2) is 53.9 Å². The number of hydrogen-bond acceptors (Lipinski definition) is 6. The van der Waals surface area contributed by atoms with Gasteiger partial charge in [-0.3, -0.25) is 9.78 Å². The van der Waals surface area contributed by atoms with Crippen molar-refractivity contribution >= 4 is 36.8 Å². The van der Waals surface area contributed by atoms with Crippen molar-refractivity contribution in [3.05, 3.63) is 30.1 Å². The van der Waals surface area contributed by atoms with Crippen LogP contribution < -0.4 is 16.0 Å². The molecule has 1 aliphatic heterocycles. The summed E-state index contributed by atoms with van der Waals surface area (Å²) in [5.74, 6) is -0.0547. The van der Waals surface area contributed by atoms with Gasteiger partial charge in [-0.15, -0.1) is 24.8 Å². The topological polar surface area (TPSA) is 113 Å². The van der Waals surface area contributed by atoms with Crippen LogP contribution in [0.15, 0.2) is 24.5 Å². The van der Waals surface area contributed by atoms with Crippen molar-refractivity contribution in [3.8, 4) is 0 Å². The molecule has 4 N–H and O–H groups in total. The van der Waals surface area contributed by atoms with E-state index in [1.54, 1.807) is 24.5 Å². The summed E-state index contributed by atoms with van der Waals surface area (Å²) in [4.78, 5) is 28.4. The van der Waals surface area contributed by atoms with Crippen LogP contribution in [0.25, 0.3) is 0 Å². The number of ether oxygens (including phenoxy) is 1. The van der Waals surface area contributed by atoms with Gasteiger partial charge >= 0.3 is 6.09 Å². The number of nitrogens with one attached hydrogen (secondary N) is 3. The van der Waals surface area contributed by atoms with E-state index in [2.05, 4.69) is 20.9 Å². The van der Waals surface area contributed by atoms with Gasteiger partial charge in [0, 0.05) is 37.9 Å². The number of β-amino-alcohol motifs (C(OH)–C–C–N with tert-alkyl or cyclic N) is 1. The van der Waals surface area contributed by atoms with Gasteiger partial charge in [0.05, 0.1) is 6.10 Å². The Bertz CT molecular complexity index is 592. The number of aliphatic hydroxyl groups is 1.